The van der Waals surface area contributed by atoms with Gasteiger partial charge in [-0.05, 0) is 87.7 Å². The topological polar surface area (TPSA) is 67.4 Å². The minimum atomic E-state index is 0.0103. The third kappa shape index (κ3) is 6.38. The van der Waals surface area contributed by atoms with Gasteiger partial charge in [0.15, 0.2) is 17.5 Å². The molecule has 0 spiro atoms. The molecule has 6 aromatic carbocycles. The molecule has 2 heterocycles. The lowest BCUT2D eigenvalue weighted by Gasteiger charge is -2.19. The molecule has 0 unspecified atom stereocenters. The maximum Gasteiger partial charge on any atom is 0.164 e. The van der Waals surface area contributed by atoms with Crippen LogP contribution in [0.25, 0.3) is 72.8 Å². The van der Waals surface area contributed by atoms with Gasteiger partial charge in [0.05, 0.1) is 22.7 Å². The van der Waals surface area contributed by atoms with Crippen molar-refractivity contribution in [1.82, 2.24) is 19.5 Å². The van der Waals surface area contributed by atoms with E-state index in [2.05, 4.69) is 107 Å². The van der Waals surface area contributed by atoms with Gasteiger partial charge in [-0.2, -0.15) is 5.26 Å². The zero-order valence-electron chi connectivity index (χ0n) is 31.0. The Balaban J connectivity index is 1.40. The van der Waals surface area contributed by atoms with Crippen molar-refractivity contribution in [2.45, 2.75) is 52.4 Å². The second-order valence-electron chi connectivity index (χ2n) is 15.8. The number of hydrogen-bond donors (Lipinski definition) is 0. The minimum absolute atomic E-state index is 0.0103. The molecule has 0 radical (unpaired) electrons. The fourth-order valence-electron chi connectivity index (χ4n) is 6.99. The molecule has 258 valence electrons. The van der Waals surface area contributed by atoms with E-state index >= 15 is 0 Å². The van der Waals surface area contributed by atoms with Gasteiger partial charge in [0.1, 0.15) is 0 Å². The summed E-state index contributed by atoms with van der Waals surface area (Å²) in [6.45, 7) is 13.6. The molecule has 0 aliphatic carbocycles. The fraction of sp³-hybridized carbons (Fsp3) is 0.167. The Morgan fingerprint density at radius 1 is 0.472 bits per heavy atom. The summed E-state index contributed by atoms with van der Waals surface area (Å²) in [6.07, 6.45) is 0. The number of nitrogens with zero attached hydrogens (tertiary/aromatic N) is 5. The molecule has 0 saturated carbocycles. The highest BCUT2D eigenvalue weighted by molar-refractivity contribution is 6.10. The minimum Gasteiger partial charge on any atom is -0.309 e. The Bertz CT molecular complexity index is 2540. The van der Waals surface area contributed by atoms with E-state index in [1.165, 1.54) is 21.9 Å². The molecular weight excluding hydrogens is 647 g/mol. The van der Waals surface area contributed by atoms with E-state index in [0.717, 1.165) is 44.5 Å². The third-order valence-corrected chi connectivity index (χ3v) is 10.0. The van der Waals surface area contributed by atoms with Crippen molar-refractivity contribution in [2.75, 3.05) is 0 Å². The Morgan fingerprint density at radius 3 is 1.43 bits per heavy atom. The Kier molecular flexibility index (Phi) is 8.27. The Labute approximate surface area is 311 Å². The monoisotopic (exact) mass is 687 g/mol. The van der Waals surface area contributed by atoms with Crippen LogP contribution in [-0.2, 0) is 10.8 Å². The van der Waals surface area contributed by atoms with Crippen molar-refractivity contribution < 1.29 is 0 Å². The highest BCUT2D eigenvalue weighted by atomic mass is 15.0. The lowest BCUT2D eigenvalue weighted by molar-refractivity contribution is 0.590. The molecule has 0 bridgehead atoms. The van der Waals surface area contributed by atoms with Gasteiger partial charge < -0.3 is 4.57 Å². The maximum atomic E-state index is 9.64. The quantitative estimate of drug-likeness (QED) is 0.181. The van der Waals surface area contributed by atoms with Gasteiger partial charge in [0, 0.05) is 33.2 Å². The zero-order valence-corrected chi connectivity index (χ0v) is 31.0. The van der Waals surface area contributed by atoms with Crippen LogP contribution in [0.3, 0.4) is 0 Å². The summed E-state index contributed by atoms with van der Waals surface area (Å²) in [5.41, 5.74) is 11.2. The number of nitriles is 1. The van der Waals surface area contributed by atoms with Crippen molar-refractivity contribution in [3.8, 4) is 57.0 Å². The molecular formula is C48H41N5. The Morgan fingerprint density at radius 2 is 0.962 bits per heavy atom. The SMILES string of the molecule is CC(C)(C)c1ccc2c(c1)c1cc(C(C)(C)C)ccc1n2-c1ccc(-c2nc(-c3ccccc3)nc(-c3ccccc3)n2)c(-c2ccc(C#N)cc2)c1. The van der Waals surface area contributed by atoms with Crippen LogP contribution in [0.15, 0.2) is 140 Å². The maximum absolute atomic E-state index is 9.64. The first kappa shape index (κ1) is 33.7. The molecule has 0 aliphatic rings. The molecule has 0 saturated heterocycles. The van der Waals surface area contributed by atoms with Gasteiger partial charge in [-0.3, -0.25) is 0 Å². The van der Waals surface area contributed by atoms with Crippen LogP contribution >= 0.6 is 0 Å². The fourth-order valence-corrected chi connectivity index (χ4v) is 6.99. The standard InChI is InChI=1S/C48H41N5/c1-47(2,3)35-21-25-42-40(27-35)41-28-36(48(4,5)6)22-26-43(41)53(42)37-23-24-38(39(29-37)32-19-17-31(30-49)18-20-32)46-51-44(33-13-9-7-10-14-33)50-45(52-46)34-15-11-8-12-16-34/h7-29H,1-6H3. The predicted molar refractivity (Wildman–Crippen MR) is 218 cm³/mol. The highest BCUT2D eigenvalue weighted by Gasteiger charge is 2.22. The molecule has 8 rings (SSSR count). The summed E-state index contributed by atoms with van der Waals surface area (Å²) in [6, 6.07) is 50.5. The molecule has 2 aromatic heterocycles. The third-order valence-electron chi connectivity index (χ3n) is 10.0. The molecule has 5 heteroatoms. The van der Waals surface area contributed by atoms with Crippen LogP contribution in [0.2, 0.25) is 0 Å². The largest absolute Gasteiger partial charge is 0.309 e. The summed E-state index contributed by atoms with van der Waals surface area (Å²) in [5, 5.41) is 12.1. The second-order valence-corrected chi connectivity index (χ2v) is 15.8. The van der Waals surface area contributed by atoms with E-state index in [-0.39, 0.29) is 10.8 Å². The van der Waals surface area contributed by atoms with Gasteiger partial charge in [0.2, 0.25) is 0 Å². The van der Waals surface area contributed by atoms with Gasteiger partial charge in [-0.25, -0.2) is 15.0 Å². The first-order valence-corrected chi connectivity index (χ1v) is 18.1. The average molecular weight is 688 g/mol. The van der Waals surface area contributed by atoms with E-state index in [9.17, 15) is 5.26 Å². The molecule has 0 N–H and O–H groups in total. The lowest BCUT2D eigenvalue weighted by Crippen LogP contribution is -2.10. The van der Waals surface area contributed by atoms with E-state index in [1.807, 2.05) is 84.9 Å². The molecule has 0 amide bonds. The molecule has 5 nitrogen and oxygen atoms in total. The Hall–Kier alpha value is -6.38. The average Bonchev–Trinajstić information content (AvgIpc) is 3.51. The van der Waals surface area contributed by atoms with E-state index in [0.29, 0.717) is 23.0 Å². The summed E-state index contributed by atoms with van der Waals surface area (Å²) < 4.78 is 2.37. The van der Waals surface area contributed by atoms with Crippen molar-refractivity contribution in [1.29, 1.82) is 5.26 Å². The summed E-state index contributed by atoms with van der Waals surface area (Å²) in [7, 11) is 0. The number of fused-ring (bicyclic) bond motifs is 3. The molecule has 53 heavy (non-hydrogen) atoms. The van der Waals surface area contributed by atoms with Crippen LogP contribution < -0.4 is 0 Å². The van der Waals surface area contributed by atoms with Crippen LogP contribution in [0, 0.1) is 11.3 Å². The van der Waals surface area contributed by atoms with Crippen molar-refractivity contribution >= 4 is 21.8 Å². The van der Waals surface area contributed by atoms with E-state index < -0.39 is 0 Å². The van der Waals surface area contributed by atoms with Gasteiger partial charge >= 0.3 is 0 Å². The van der Waals surface area contributed by atoms with Crippen molar-refractivity contribution in [3.63, 3.8) is 0 Å². The summed E-state index contributed by atoms with van der Waals surface area (Å²) >= 11 is 0. The molecule has 0 atom stereocenters. The van der Waals surface area contributed by atoms with Crippen LogP contribution in [0.1, 0.15) is 58.2 Å². The molecule has 0 aliphatic heterocycles. The number of rotatable bonds is 5. The molecule has 8 aromatic rings. The smallest absolute Gasteiger partial charge is 0.164 e. The van der Waals surface area contributed by atoms with E-state index in [4.69, 9.17) is 15.0 Å². The molecule has 0 fully saturated rings. The number of aromatic nitrogens is 4. The van der Waals surface area contributed by atoms with Gasteiger partial charge in [-0.15, -0.1) is 0 Å². The first-order valence-electron chi connectivity index (χ1n) is 18.1. The van der Waals surface area contributed by atoms with Crippen LogP contribution in [0.4, 0.5) is 0 Å². The van der Waals surface area contributed by atoms with Gasteiger partial charge in [0.25, 0.3) is 0 Å². The first-order chi connectivity index (χ1) is 25.5. The summed E-state index contributed by atoms with van der Waals surface area (Å²) in [4.78, 5) is 15.1. The van der Waals surface area contributed by atoms with Gasteiger partial charge in [-0.1, -0.05) is 126 Å². The summed E-state index contributed by atoms with van der Waals surface area (Å²) in [5.74, 6) is 1.79. The predicted octanol–water partition coefficient (Wildman–Crippen LogP) is 12.1. The highest BCUT2D eigenvalue weighted by Crippen LogP contribution is 2.40. The lowest BCUT2D eigenvalue weighted by atomic mass is 9.85. The van der Waals surface area contributed by atoms with Crippen molar-refractivity contribution in [3.05, 3.63) is 156 Å². The number of benzene rings is 6. The normalized spacial score (nSPS) is 11.9. The van der Waals surface area contributed by atoms with Crippen LogP contribution in [0.5, 0.6) is 0 Å². The van der Waals surface area contributed by atoms with E-state index in [1.54, 1.807) is 0 Å². The number of hydrogen-bond acceptors (Lipinski definition) is 4. The van der Waals surface area contributed by atoms with Crippen LogP contribution in [-0.4, -0.2) is 19.5 Å². The zero-order chi connectivity index (χ0) is 36.9. The van der Waals surface area contributed by atoms with Crippen molar-refractivity contribution in [2.24, 2.45) is 0 Å². The second kappa shape index (κ2) is 13.0.